The molecular weight excluding hydrogens is 473 g/mol. The van der Waals surface area contributed by atoms with Gasteiger partial charge in [0.05, 0.1) is 19.4 Å². The highest BCUT2D eigenvalue weighted by Crippen LogP contribution is 2.32. The number of halogens is 1. The number of hydrogen-bond donors (Lipinski definition) is 2. The lowest BCUT2D eigenvalue weighted by atomic mass is 10.1. The van der Waals surface area contributed by atoms with E-state index in [-0.39, 0.29) is 44.8 Å². The zero-order chi connectivity index (χ0) is 25.3. The molecule has 36 heavy (non-hydrogen) atoms. The molecule has 1 aliphatic heterocycles. The zero-order valence-electron chi connectivity index (χ0n) is 19.7. The van der Waals surface area contributed by atoms with Crippen molar-refractivity contribution in [1.29, 1.82) is 0 Å². The zero-order valence-corrected chi connectivity index (χ0v) is 19.7. The summed E-state index contributed by atoms with van der Waals surface area (Å²) < 4.78 is 35.2. The summed E-state index contributed by atoms with van der Waals surface area (Å²) in [6.45, 7) is 2.41. The summed E-state index contributed by atoms with van der Waals surface area (Å²) in [7, 11) is 0. The Morgan fingerprint density at radius 3 is 2.75 bits per heavy atom. The molecule has 2 N–H and O–H groups in total. The Bertz CT molecular complexity index is 1220. The molecule has 4 rings (SSSR count). The normalized spacial score (nSPS) is 11.8. The molecule has 3 aromatic rings. The van der Waals surface area contributed by atoms with Crippen molar-refractivity contribution in [2.45, 2.75) is 13.5 Å². The minimum atomic E-state index is -0.587. The lowest BCUT2D eigenvalue weighted by Gasteiger charge is -2.13. The van der Waals surface area contributed by atoms with E-state index in [0.29, 0.717) is 35.0 Å². The molecule has 190 valence electrons. The van der Waals surface area contributed by atoms with Crippen molar-refractivity contribution in [2.24, 2.45) is 0 Å². The molecule has 11 nitrogen and oxygen atoms in total. The van der Waals surface area contributed by atoms with E-state index >= 15 is 0 Å². The molecule has 1 aromatic heterocycles. The molecule has 0 spiro atoms. The number of amides is 2. The van der Waals surface area contributed by atoms with E-state index in [9.17, 15) is 14.0 Å². The summed E-state index contributed by atoms with van der Waals surface area (Å²) in [6.07, 6.45) is 1.46. The first-order chi connectivity index (χ1) is 17.6. The van der Waals surface area contributed by atoms with Crippen LogP contribution in [-0.2, 0) is 11.3 Å². The molecule has 0 radical (unpaired) electrons. The van der Waals surface area contributed by atoms with Crippen molar-refractivity contribution in [3.05, 3.63) is 59.4 Å². The summed E-state index contributed by atoms with van der Waals surface area (Å²) in [6, 6.07) is 10.3. The monoisotopic (exact) mass is 499 g/mol. The van der Waals surface area contributed by atoms with Crippen molar-refractivity contribution in [2.75, 3.05) is 39.8 Å². The average molecular weight is 499 g/mol. The number of carbonyl (C=O) groups excluding carboxylic acids is 2. The third-order valence-electron chi connectivity index (χ3n) is 5.13. The van der Waals surface area contributed by atoms with E-state index in [2.05, 4.69) is 20.9 Å². The van der Waals surface area contributed by atoms with Gasteiger partial charge in [0.15, 0.2) is 17.2 Å². The number of aromatic nitrogens is 3. The predicted octanol–water partition coefficient (Wildman–Crippen LogP) is 2.04. The number of nitrogens with one attached hydrogen (secondary N) is 2. The van der Waals surface area contributed by atoms with Gasteiger partial charge in [-0.1, -0.05) is 11.3 Å². The topological polar surface area (TPSA) is 126 Å². The van der Waals surface area contributed by atoms with Crippen LogP contribution in [0.25, 0.3) is 5.69 Å². The number of benzene rings is 2. The van der Waals surface area contributed by atoms with Crippen LogP contribution in [0.4, 0.5) is 4.39 Å². The Kier molecular flexibility index (Phi) is 8.29. The van der Waals surface area contributed by atoms with E-state index in [0.717, 1.165) is 5.56 Å². The first-order valence-electron chi connectivity index (χ1n) is 11.4. The summed E-state index contributed by atoms with van der Waals surface area (Å²) in [5, 5.41) is 13.5. The van der Waals surface area contributed by atoms with E-state index in [4.69, 9.17) is 18.9 Å². The van der Waals surface area contributed by atoms with Crippen molar-refractivity contribution < 1.29 is 32.9 Å². The van der Waals surface area contributed by atoms with Crippen LogP contribution in [0.2, 0.25) is 0 Å². The average Bonchev–Trinajstić information content (AvgIpc) is 3.57. The van der Waals surface area contributed by atoms with E-state index < -0.39 is 12.6 Å². The van der Waals surface area contributed by atoms with Crippen LogP contribution in [0.3, 0.4) is 0 Å². The number of fused-ring (bicyclic) bond motifs is 1. The molecule has 12 heteroatoms. The van der Waals surface area contributed by atoms with Crippen LogP contribution in [0.15, 0.2) is 42.6 Å². The fourth-order valence-electron chi connectivity index (χ4n) is 3.40. The Hall–Kier alpha value is -4.19. The second-order valence-corrected chi connectivity index (χ2v) is 7.61. The van der Waals surface area contributed by atoms with Gasteiger partial charge in [-0.15, -0.1) is 5.10 Å². The SMILES string of the molecule is CCNC(=O)c1ccc(-n2cc(C(=O)NCc3ccc4c(c3)OCO4)nn2)c(OCCOCCF)c1. The Balaban J connectivity index is 1.46. The minimum absolute atomic E-state index is 0.0248. The van der Waals surface area contributed by atoms with Crippen LogP contribution >= 0.6 is 0 Å². The van der Waals surface area contributed by atoms with Gasteiger partial charge in [0.2, 0.25) is 6.79 Å². The highest BCUT2D eigenvalue weighted by Gasteiger charge is 2.17. The van der Waals surface area contributed by atoms with Crippen molar-refractivity contribution in [3.8, 4) is 22.9 Å². The maximum atomic E-state index is 12.7. The summed E-state index contributed by atoms with van der Waals surface area (Å²) in [5.74, 6) is 0.953. The number of nitrogens with zero attached hydrogens (tertiary/aromatic N) is 3. The van der Waals surface area contributed by atoms with Gasteiger partial charge in [0, 0.05) is 18.7 Å². The molecule has 2 amide bonds. The van der Waals surface area contributed by atoms with E-state index in [1.54, 1.807) is 30.3 Å². The second-order valence-electron chi connectivity index (χ2n) is 7.61. The lowest BCUT2D eigenvalue weighted by molar-refractivity contribution is 0.0894. The number of rotatable bonds is 12. The van der Waals surface area contributed by atoms with Crippen molar-refractivity contribution in [1.82, 2.24) is 25.6 Å². The van der Waals surface area contributed by atoms with E-state index in [1.165, 1.54) is 10.9 Å². The second kappa shape index (κ2) is 12.0. The summed E-state index contributed by atoms with van der Waals surface area (Å²) in [4.78, 5) is 24.9. The molecule has 0 fully saturated rings. The van der Waals surface area contributed by atoms with Gasteiger partial charge in [0.25, 0.3) is 11.8 Å². The van der Waals surface area contributed by atoms with Crippen molar-refractivity contribution >= 4 is 11.8 Å². The number of carbonyl (C=O) groups is 2. The van der Waals surface area contributed by atoms with Gasteiger partial charge in [-0.2, -0.15) is 0 Å². The van der Waals surface area contributed by atoms with E-state index in [1.807, 2.05) is 13.0 Å². The number of alkyl halides is 1. The van der Waals surface area contributed by atoms with Crippen molar-refractivity contribution in [3.63, 3.8) is 0 Å². The highest BCUT2D eigenvalue weighted by atomic mass is 19.1. The van der Waals surface area contributed by atoms with Crippen LogP contribution in [0.1, 0.15) is 33.3 Å². The van der Waals surface area contributed by atoms with Crippen LogP contribution in [0, 0.1) is 0 Å². The Morgan fingerprint density at radius 1 is 1.06 bits per heavy atom. The fourth-order valence-corrected chi connectivity index (χ4v) is 3.40. The smallest absolute Gasteiger partial charge is 0.273 e. The summed E-state index contributed by atoms with van der Waals surface area (Å²) in [5.41, 5.74) is 1.80. The van der Waals surface area contributed by atoms with Gasteiger partial charge in [-0.3, -0.25) is 9.59 Å². The molecule has 0 atom stereocenters. The molecule has 1 aliphatic rings. The standard InChI is InChI=1S/C24H26FN5O6/c1-2-26-23(31)17-4-5-19(21(12-17)34-10-9-33-8-7-25)30-14-18(28-29-30)24(32)27-13-16-3-6-20-22(11-16)36-15-35-20/h3-6,11-12,14H,2,7-10,13,15H2,1H3,(H,26,31)(H,27,32). The molecule has 0 bridgehead atoms. The van der Waals surface area contributed by atoms with Gasteiger partial charge < -0.3 is 29.6 Å². The maximum absolute atomic E-state index is 12.7. The number of hydrogen-bond acceptors (Lipinski definition) is 8. The fraction of sp³-hybridized carbons (Fsp3) is 0.333. The van der Waals surface area contributed by atoms with Crippen LogP contribution in [0.5, 0.6) is 17.2 Å². The molecule has 2 heterocycles. The van der Waals surface area contributed by atoms with Gasteiger partial charge >= 0.3 is 0 Å². The number of ether oxygens (including phenoxy) is 4. The largest absolute Gasteiger partial charge is 0.489 e. The highest BCUT2D eigenvalue weighted by molar-refractivity contribution is 5.95. The lowest BCUT2D eigenvalue weighted by Crippen LogP contribution is -2.23. The summed E-state index contributed by atoms with van der Waals surface area (Å²) >= 11 is 0. The van der Waals surface area contributed by atoms with Gasteiger partial charge in [-0.05, 0) is 42.8 Å². The molecule has 0 saturated heterocycles. The molecule has 0 unspecified atom stereocenters. The molecular formula is C24H26FN5O6. The maximum Gasteiger partial charge on any atom is 0.273 e. The van der Waals surface area contributed by atoms with Crippen LogP contribution < -0.4 is 24.8 Å². The Morgan fingerprint density at radius 2 is 1.92 bits per heavy atom. The minimum Gasteiger partial charge on any atom is -0.489 e. The first-order valence-corrected chi connectivity index (χ1v) is 11.4. The predicted molar refractivity (Wildman–Crippen MR) is 125 cm³/mol. The van der Waals surface area contributed by atoms with Gasteiger partial charge in [-0.25, -0.2) is 9.07 Å². The molecule has 0 saturated carbocycles. The van der Waals surface area contributed by atoms with Crippen LogP contribution in [-0.4, -0.2) is 66.6 Å². The Labute approximate surface area is 206 Å². The third kappa shape index (κ3) is 6.08. The first kappa shape index (κ1) is 24.9. The van der Waals surface area contributed by atoms with Gasteiger partial charge in [0.1, 0.15) is 24.7 Å². The molecule has 2 aromatic carbocycles. The third-order valence-corrected chi connectivity index (χ3v) is 5.13. The molecule has 0 aliphatic carbocycles. The quantitative estimate of drug-likeness (QED) is 0.363.